The predicted octanol–water partition coefficient (Wildman–Crippen LogP) is 4.79. The van der Waals surface area contributed by atoms with Crippen molar-refractivity contribution in [3.8, 4) is 17.1 Å². The molecule has 1 unspecified atom stereocenters. The van der Waals surface area contributed by atoms with Gasteiger partial charge in [0.25, 0.3) is 0 Å². The molecule has 1 atom stereocenters. The van der Waals surface area contributed by atoms with E-state index in [1.807, 2.05) is 18.2 Å². The summed E-state index contributed by atoms with van der Waals surface area (Å²) < 4.78 is 22.7. The lowest BCUT2D eigenvalue weighted by atomic mass is 9.79. The number of methoxy groups -OCH3 is 1. The summed E-state index contributed by atoms with van der Waals surface area (Å²) in [6, 6.07) is 7.30. The second kappa shape index (κ2) is 8.80. The number of alkyl halides is 1. The number of hydrogen-bond acceptors (Lipinski definition) is 6. The Morgan fingerprint density at radius 2 is 2.03 bits per heavy atom. The number of benzene rings is 1. The monoisotopic (exact) mass is 450 g/mol. The highest BCUT2D eigenvalue weighted by Gasteiger charge is 2.32. The number of carbonyl (C=O) groups is 1. The van der Waals surface area contributed by atoms with Crippen molar-refractivity contribution in [3.05, 3.63) is 42.4 Å². The zero-order valence-corrected chi connectivity index (χ0v) is 18.7. The molecule has 2 saturated carbocycles. The molecule has 0 radical (unpaired) electrons. The molecule has 2 fully saturated rings. The first-order valence-electron chi connectivity index (χ1n) is 11.3. The predicted molar refractivity (Wildman–Crippen MR) is 123 cm³/mol. The first-order valence-corrected chi connectivity index (χ1v) is 11.3. The molecule has 3 aromatic rings. The summed E-state index contributed by atoms with van der Waals surface area (Å²) in [5.41, 5.74) is 2.40. The van der Waals surface area contributed by atoms with E-state index in [4.69, 9.17) is 4.74 Å². The fraction of sp³-hybridized carbons (Fsp3) is 0.417. The maximum absolute atomic E-state index is 15.4. The van der Waals surface area contributed by atoms with Gasteiger partial charge in [0.2, 0.25) is 5.91 Å². The van der Waals surface area contributed by atoms with Gasteiger partial charge in [-0.1, -0.05) is 12.5 Å². The number of hydrogen-bond donors (Lipinski definition) is 2. The number of nitrogens with one attached hydrogen (secondary N) is 2. The van der Waals surface area contributed by atoms with Crippen LogP contribution in [0.5, 0.6) is 5.75 Å². The zero-order chi connectivity index (χ0) is 22.9. The number of carbonyl (C=O) groups excluding carboxylic acids is 1. The van der Waals surface area contributed by atoms with Crippen LogP contribution in [0, 0.1) is 11.8 Å². The Bertz CT molecular complexity index is 1170. The highest BCUT2D eigenvalue weighted by Crippen LogP contribution is 2.44. The minimum atomic E-state index is -1.13. The molecule has 2 aromatic heterocycles. The highest BCUT2D eigenvalue weighted by atomic mass is 19.1. The van der Waals surface area contributed by atoms with Crippen LogP contribution >= 0.6 is 0 Å². The van der Waals surface area contributed by atoms with E-state index in [0.717, 1.165) is 37.7 Å². The Hall–Kier alpha value is -3.49. The van der Waals surface area contributed by atoms with Crippen LogP contribution in [-0.4, -0.2) is 32.8 Å². The van der Waals surface area contributed by atoms with Crippen LogP contribution in [0.3, 0.4) is 0 Å². The molecule has 0 bridgehead atoms. The number of halogens is 1. The molecule has 1 aromatic carbocycles. The summed E-state index contributed by atoms with van der Waals surface area (Å²) in [7, 11) is 3.38. The number of rotatable bonds is 8. The Morgan fingerprint density at radius 3 is 2.67 bits per heavy atom. The van der Waals surface area contributed by atoms with Crippen molar-refractivity contribution >= 4 is 23.1 Å². The van der Waals surface area contributed by atoms with Crippen molar-refractivity contribution in [2.24, 2.45) is 18.9 Å². The third kappa shape index (κ3) is 4.40. The molecule has 2 aliphatic carbocycles. The fourth-order valence-corrected chi connectivity index (χ4v) is 4.06. The summed E-state index contributed by atoms with van der Waals surface area (Å²) >= 11 is 0. The maximum Gasteiger partial charge on any atom is 0.228 e. The molecule has 9 heteroatoms. The SMILES string of the molecule is COc1c(Nc2cc(NC(=O)C3CC3)ncc2C(F)C2CCC2)cccc1-c1ncn(C)n1. The number of nitrogens with zero attached hydrogens (tertiary/aromatic N) is 4. The van der Waals surface area contributed by atoms with Gasteiger partial charge in [0, 0.05) is 36.5 Å². The van der Waals surface area contributed by atoms with Crippen LogP contribution < -0.4 is 15.4 Å². The topological polar surface area (TPSA) is 94.0 Å². The number of pyridine rings is 1. The summed E-state index contributed by atoms with van der Waals surface area (Å²) in [5.74, 6) is 1.48. The molecule has 2 heterocycles. The Kier molecular flexibility index (Phi) is 5.70. The van der Waals surface area contributed by atoms with Crippen molar-refractivity contribution in [1.29, 1.82) is 0 Å². The maximum atomic E-state index is 15.4. The Balaban J connectivity index is 1.50. The highest BCUT2D eigenvalue weighted by molar-refractivity contribution is 5.93. The van der Waals surface area contributed by atoms with Gasteiger partial charge < -0.3 is 15.4 Å². The number of aryl methyl sites for hydroxylation is 1. The van der Waals surface area contributed by atoms with E-state index in [2.05, 4.69) is 25.7 Å². The molecule has 0 aliphatic heterocycles. The molecule has 0 saturated heterocycles. The first-order chi connectivity index (χ1) is 16.0. The molecule has 8 nitrogen and oxygen atoms in total. The number of ether oxygens (including phenoxy) is 1. The van der Waals surface area contributed by atoms with Crippen molar-refractivity contribution in [2.75, 3.05) is 17.7 Å². The van der Waals surface area contributed by atoms with Gasteiger partial charge >= 0.3 is 0 Å². The van der Waals surface area contributed by atoms with Crippen LogP contribution in [0.1, 0.15) is 43.8 Å². The average Bonchev–Trinajstić information content (AvgIpc) is 3.53. The van der Waals surface area contributed by atoms with Gasteiger partial charge in [-0.05, 0) is 43.7 Å². The molecule has 2 N–H and O–H groups in total. The Morgan fingerprint density at radius 1 is 1.21 bits per heavy atom. The standard InChI is InChI=1S/C24H27FN6O2/c1-31-13-27-23(30-31)16-7-4-8-18(22(16)33-2)28-19-11-20(29-24(32)15-9-10-15)26-12-17(19)21(25)14-5-3-6-14/h4,7-8,11-15,21H,3,5-6,9-10H2,1-2H3,(H2,26,28,29,32). The van der Waals surface area contributed by atoms with Gasteiger partial charge in [-0.15, -0.1) is 0 Å². The van der Waals surface area contributed by atoms with Crippen LogP contribution in [0.2, 0.25) is 0 Å². The largest absolute Gasteiger partial charge is 0.494 e. The number of aromatic nitrogens is 4. The fourth-order valence-electron chi connectivity index (χ4n) is 4.06. The molecule has 1 amide bonds. The van der Waals surface area contributed by atoms with Gasteiger partial charge in [0.1, 0.15) is 18.3 Å². The van der Waals surface area contributed by atoms with E-state index in [1.54, 1.807) is 31.2 Å². The zero-order valence-electron chi connectivity index (χ0n) is 18.7. The van der Waals surface area contributed by atoms with Crippen molar-refractivity contribution in [3.63, 3.8) is 0 Å². The molecule has 5 rings (SSSR count). The first kappa shape index (κ1) is 21.4. The third-order valence-corrected chi connectivity index (χ3v) is 6.32. The van der Waals surface area contributed by atoms with E-state index in [0.29, 0.717) is 34.3 Å². The number of amides is 1. The quantitative estimate of drug-likeness (QED) is 0.513. The number of para-hydroxylation sites is 1. The van der Waals surface area contributed by atoms with E-state index < -0.39 is 6.17 Å². The minimum Gasteiger partial charge on any atom is -0.494 e. The van der Waals surface area contributed by atoms with Crippen molar-refractivity contribution in [1.82, 2.24) is 19.7 Å². The van der Waals surface area contributed by atoms with Crippen molar-refractivity contribution in [2.45, 2.75) is 38.3 Å². The average molecular weight is 451 g/mol. The van der Waals surface area contributed by atoms with Gasteiger partial charge in [0.15, 0.2) is 11.6 Å². The number of anilines is 3. The summed E-state index contributed by atoms with van der Waals surface area (Å²) in [6.07, 6.45) is 6.60. The van der Waals surface area contributed by atoms with E-state index >= 15 is 4.39 Å². The lowest BCUT2D eigenvalue weighted by Crippen LogP contribution is -2.19. The van der Waals surface area contributed by atoms with E-state index in [-0.39, 0.29) is 17.7 Å². The smallest absolute Gasteiger partial charge is 0.228 e. The summed E-state index contributed by atoms with van der Waals surface area (Å²) in [6.45, 7) is 0. The second-order valence-corrected chi connectivity index (χ2v) is 8.77. The van der Waals surface area contributed by atoms with Crippen LogP contribution in [-0.2, 0) is 11.8 Å². The van der Waals surface area contributed by atoms with E-state index in [9.17, 15) is 4.79 Å². The normalized spacial score (nSPS) is 16.7. The van der Waals surface area contributed by atoms with Gasteiger partial charge in [0.05, 0.1) is 18.4 Å². The molecule has 172 valence electrons. The molecular weight excluding hydrogens is 423 g/mol. The third-order valence-electron chi connectivity index (χ3n) is 6.32. The Labute approximate surface area is 191 Å². The van der Waals surface area contributed by atoms with Gasteiger partial charge in [-0.25, -0.2) is 14.4 Å². The summed E-state index contributed by atoms with van der Waals surface area (Å²) in [5, 5.41) is 10.6. The van der Waals surface area contributed by atoms with Crippen LogP contribution in [0.4, 0.5) is 21.6 Å². The van der Waals surface area contributed by atoms with Gasteiger partial charge in [-0.3, -0.25) is 9.48 Å². The molecule has 33 heavy (non-hydrogen) atoms. The van der Waals surface area contributed by atoms with Crippen LogP contribution in [0.25, 0.3) is 11.4 Å². The van der Waals surface area contributed by atoms with Crippen molar-refractivity contribution < 1.29 is 13.9 Å². The minimum absolute atomic E-state index is 0.00907. The second-order valence-electron chi connectivity index (χ2n) is 8.77. The lowest BCUT2D eigenvalue weighted by molar-refractivity contribution is -0.117. The summed E-state index contributed by atoms with van der Waals surface area (Å²) in [4.78, 5) is 20.9. The molecule has 2 aliphatic rings. The van der Waals surface area contributed by atoms with Crippen LogP contribution in [0.15, 0.2) is 36.8 Å². The van der Waals surface area contributed by atoms with Gasteiger partial charge in [-0.2, -0.15) is 5.10 Å². The molecular formula is C24H27FN6O2. The van der Waals surface area contributed by atoms with E-state index in [1.165, 1.54) is 6.20 Å². The lowest BCUT2D eigenvalue weighted by Gasteiger charge is -2.30. The molecule has 0 spiro atoms.